The number of halogens is 5. The molecule has 4 heterocycles. The summed E-state index contributed by atoms with van der Waals surface area (Å²) in [4.78, 5) is 17.3. The van der Waals surface area contributed by atoms with Gasteiger partial charge in [0.15, 0.2) is 0 Å². The van der Waals surface area contributed by atoms with Gasteiger partial charge in [0.25, 0.3) is 0 Å². The second-order valence-corrected chi connectivity index (χ2v) is 14.5. The van der Waals surface area contributed by atoms with Gasteiger partial charge in [0, 0.05) is 30.2 Å². The summed E-state index contributed by atoms with van der Waals surface area (Å²) in [6.45, 7) is 0.888. The average Bonchev–Trinajstić information content (AvgIpc) is 3.53. The Morgan fingerprint density at radius 1 is 1.05 bits per heavy atom. The minimum absolute atomic E-state index is 0.0505. The molecule has 4 aliphatic rings. The quantitative estimate of drug-likeness (QED) is 0.482. The number of nitrogens with zero attached hydrogens (tertiary/aromatic N) is 5. The average molecular weight is 567 g/mol. The van der Waals surface area contributed by atoms with Gasteiger partial charge in [-0.3, -0.25) is 4.21 Å². The van der Waals surface area contributed by atoms with Gasteiger partial charge in [0.2, 0.25) is 5.95 Å². The Kier molecular flexibility index (Phi) is 5.10. The number of aromatic nitrogens is 4. The molecule has 2 aromatic rings. The first-order valence-electron chi connectivity index (χ1n) is 12.2. The Labute approximate surface area is 212 Å². The van der Waals surface area contributed by atoms with E-state index in [2.05, 4.69) is 15.3 Å². The molecule has 15 heteroatoms. The molecule has 2 saturated carbocycles. The minimum Gasteiger partial charge on any atom is -0.394 e. The summed E-state index contributed by atoms with van der Waals surface area (Å²) in [7, 11) is -11.0. The first-order valence-corrected chi connectivity index (χ1v) is 15.5. The van der Waals surface area contributed by atoms with Crippen LogP contribution in [0.15, 0.2) is 22.2 Å². The SMILES string of the molecule is O=[S@]1CC2(CC2)c2nc(N3CCC(c4ncc(S(F)(F)(F)(F)F)cn4)CC3)nc(NC3(CO)CCC3)c21. The third-order valence-corrected chi connectivity index (χ3v) is 10.8. The van der Waals surface area contributed by atoms with Crippen LogP contribution in [0.4, 0.5) is 31.2 Å². The largest absolute Gasteiger partial charge is 0.394 e. The lowest BCUT2D eigenvalue weighted by molar-refractivity contribution is 0.143. The van der Waals surface area contributed by atoms with Gasteiger partial charge in [0.05, 0.1) is 41.0 Å². The van der Waals surface area contributed by atoms with Crippen LogP contribution in [-0.2, 0) is 16.2 Å². The predicted octanol–water partition coefficient (Wildman–Crippen LogP) is 4.79. The van der Waals surface area contributed by atoms with E-state index in [1.54, 1.807) is 0 Å². The highest BCUT2D eigenvalue weighted by molar-refractivity contribution is 8.45. The van der Waals surface area contributed by atoms with E-state index < -0.39 is 31.5 Å². The summed E-state index contributed by atoms with van der Waals surface area (Å²) >= 11 is 0. The second-order valence-electron chi connectivity index (χ2n) is 10.7. The molecule has 37 heavy (non-hydrogen) atoms. The third kappa shape index (κ3) is 4.46. The molecule has 1 saturated heterocycles. The molecule has 2 aromatic heterocycles. The maximum atomic E-state index is 13.0. The zero-order valence-corrected chi connectivity index (χ0v) is 21.4. The topological polar surface area (TPSA) is 104 Å². The number of hydrogen-bond acceptors (Lipinski definition) is 8. The summed E-state index contributed by atoms with van der Waals surface area (Å²) in [5.41, 5.74) is 0.147. The molecule has 3 fully saturated rings. The Balaban J connectivity index is 1.23. The lowest BCUT2D eigenvalue weighted by atomic mass is 9.77. The second kappa shape index (κ2) is 7.50. The smallest absolute Gasteiger partial charge is 0.313 e. The summed E-state index contributed by atoms with van der Waals surface area (Å²) in [5.74, 6) is 1.33. The van der Waals surface area contributed by atoms with Crippen LogP contribution in [0.25, 0.3) is 0 Å². The number of piperidine rings is 1. The van der Waals surface area contributed by atoms with Gasteiger partial charge >= 0.3 is 10.2 Å². The standard InChI is InChI=1S/C22H27F5N6O2S2/c23-37(24,25,26,27)15-10-28-18(29-11-15)14-2-8-33(9-3-14)20-30-17-16(36(35)13-21(17)6-7-21)19(31-20)32-22(12-34)4-1-5-22/h10-11,14,34H,1-9,12-13H2,(H,30,31,32)/t36-/m0/s1. The van der Waals surface area contributed by atoms with Crippen molar-refractivity contribution in [1.29, 1.82) is 0 Å². The van der Waals surface area contributed by atoms with E-state index in [-0.39, 0.29) is 36.2 Å². The molecule has 0 bridgehead atoms. The Hall–Kier alpha value is -2.13. The van der Waals surface area contributed by atoms with E-state index in [1.807, 2.05) is 4.90 Å². The normalized spacial score (nSPS) is 26.2. The number of aliphatic hydroxyl groups excluding tert-OH is 1. The Bertz CT molecular complexity index is 1270. The fourth-order valence-corrected chi connectivity index (χ4v) is 7.78. The number of fused-ring (bicyclic) bond motifs is 2. The Morgan fingerprint density at radius 2 is 1.70 bits per heavy atom. The van der Waals surface area contributed by atoms with Gasteiger partial charge in [-0.2, -0.15) is 4.98 Å². The molecular formula is C22H27F5N6O2S2. The van der Waals surface area contributed by atoms with Crippen molar-refractivity contribution in [3.63, 3.8) is 0 Å². The van der Waals surface area contributed by atoms with Crippen LogP contribution in [0.5, 0.6) is 0 Å². The first-order chi connectivity index (χ1) is 17.2. The van der Waals surface area contributed by atoms with Crippen LogP contribution < -0.4 is 10.2 Å². The molecule has 204 valence electrons. The molecule has 8 nitrogen and oxygen atoms in total. The van der Waals surface area contributed by atoms with Crippen LogP contribution in [0.1, 0.15) is 62.4 Å². The van der Waals surface area contributed by atoms with Gasteiger partial charge in [-0.25, -0.2) is 15.0 Å². The number of anilines is 2. The Morgan fingerprint density at radius 3 is 2.22 bits per heavy atom. The van der Waals surface area contributed by atoms with E-state index in [0.717, 1.165) is 37.8 Å². The lowest BCUT2D eigenvalue weighted by Gasteiger charge is -2.42. The molecule has 2 aliphatic heterocycles. The molecule has 1 spiro atoms. The maximum absolute atomic E-state index is 13.0. The van der Waals surface area contributed by atoms with Crippen molar-refractivity contribution in [2.45, 2.75) is 71.6 Å². The molecule has 0 unspecified atom stereocenters. The summed E-state index contributed by atoms with van der Waals surface area (Å²) in [5, 5.41) is 13.4. The van der Waals surface area contributed by atoms with Crippen molar-refractivity contribution < 1.29 is 28.7 Å². The summed E-state index contributed by atoms with van der Waals surface area (Å²) in [6.07, 6.45) is 5.72. The van der Waals surface area contributed by atoms with Crippen molar-refractivity contribution in [3.05, 3.63) is 23.9 Å². The number of rotatable bonds is 6. The van der Waals surface area contributed by atoms with Crippen LogP contribution >= 0.6 is 10.2 Å². The highest BCUT2D eigenvalue weighted by atomic mass is 32.5. The predicted molar refractivity (Wildman–Crippen MR) is 129 cm³/mol. The molecule has 2 N–H and O–H groups in total. The van der Waals surface area contributed by atoms with Crippen LogP contribution in [0, 0.1) is 0 Å². The fraction of sp³-hybridized carbons (Fsp3) is 0.636. The van der Waals surface area contributed by atoms with Crippen molar-refractivity contribution in [3.8, 4) is 0 Å². The molecular weight excluding hydrogens is 539 g/mol. The fourth-order valence-electron chi connectivity index (χ4n) is 5.41. The number of nitrogens with one attached hydrogen (secondary N) is 1. The van der Waals surface area contributed by atoms with Gasteiger partial charge in [-0.1, -0.05) is 19.4 Å². The van der Waals surface area contributed by atoms with E-state index >= 15 is 0 Å². The van der Waals surface area contributed by atoms with E-state index in [1.165, 1.54) is 0 Å². The lowest BCUT2D eigenvalue weighted by Crippen LogP contribution is -2.49. The molecule has 1 atom stereocenters. The monoisotopic (exact) mass is 566 g/mol. The van der Waals surface area contributed by atoms with Crippen molar-refractivity contribution in [2.24, 2.45) is 0 Å². The molecule has 0 radical (unpaired) electrons. The molecule has 6 rings (SSSR count). The van der Waals surface area contributed by atoms with Gasteiger partial charge in [-0.15, -0.1) is 0 Å². The third-order valence-electron chi connectivity index (χ3n) is 8.08. The summed E-state index contributed by atoms with van der Waals surface area (Å²) < 4.78 is 77.9. The highest BCUT2D eigenvalue weighted by Gasteiger charge is 2.66. The highest BCUT2D eigenvalue weighted by Crippen LogP contribution is 3.01. The molecule has 0 aromatic carbocycles. The zero-order chi connectivity index (χ0) is 26.3. The van der Waals surface area contributed by atoms with E-state index in [0.29, 0.717) is 48.3 Å². The number of aliphatic hydroxyl groups is 1. The van der Waals surface area contributed by atoms with Crippen LogP contribution in [0.3, 0.4) is 0 Å². The summed E-state index contributed by atoms with van der Waals surface area (Å²) in [6, 6.07) is 0. The molecule has 2 aliphatic carbocycles. The van der Waals surface area contributed by atoms with E-state index in [9.17, 15) is 28.7 Å². The van der Waals surface area contributed by atoms with Crippen LogP contribution in [0.2, 0.25) is 0 Å². The van der Waals surface area contributed by atoms with E-state index in [4.69, 9.17) is 9.97 Å². The van der Waals surface area contributed by atoms with Gasteiger partial charge < -0.3 is 15.3 Å². The van der Waals surface area contributed by atoms with Gasteiger partial charge in [-0.05, 0) is 44.9 Å². The first kappa shape index (κ1) is 25.2. The maximum Gasteiger partial charge on any atom is 0.313 e. The van der Waals surface area contributed by atoms with Gasteiger partial charge in [0.1, 0.15) is 21.4 Å². The van der Waals surface area contributed by atoms with Crippen LogP contribution in [-0.4, -0.2) is 60.2 Å². The van der Waals surface area contributed by atoms with Crippen molar-refractivity contribution in [2.75, 3.05) is 35.7 Å². The molecule has 0 amide bonds. The van der Waals surface area contributed by atoms with Crippen molar-refractivity contribution in [1.82, 2.24) is 19.9 Å². The zero-order valence-electron chi connectivity index (χ0n) is 19.8. The van der Waals surface area contributed by atoms with Crippen molar-refractivity contribution >= 4 is 32.8 Å². The minimum atomic E-state index is -9.81. The number of hydrogen-bond donors (Lipinski definition) is 2.